The molecule has 2 rings (SSSR count). The summed E-state index contributed by atoms with van der Waals surface area (Å²) >= 11 is 6.05. The van der Waals surface area contributed by atoms with E-state index in [9.17, 15) is 14.4 Å². The normalized spacial score (nSPS) is 15.8. The quantitative estimate of drug-likeness (QED) is 0.828. The van der Waals surface area contributed by atoms with Gasteiger partial charge in [0.2, 0.25) is 11.8 Å². The first-order valence-corrected chi connectivity index (χ1v) is 9.71. The van der Waals surface area contributed by atoms with Crippen LogP contribution in [0.2, 0.25) is 5.02 Å². The van der Waals surface area contributed by atoms with E-state index in [1.807, 2.05) is 6.07 Å². The molecule has 1 aromatic carbocycles. The third kappa shape index (κ3) is 6.71. The Morgan fingerprint density at radius 3 is 2.29 bits per heavy atom. The molecule has 1 N–H and O–H groups in total. The lowest BCUT2D eigenvalue weighted by Crippen LogP contribution is -2.56. The number of hydrogen-bond acceptors (Lipinski definition) is 4. The van der Waals surface area contributed by atoms with Gasteiger partial charge in [0.05, 0.1) is 0 Å². The molecule has 1 unspecified atom stereocenters. The average Bonchev–Trinajstić information content (AvgIpc) is 2.59. The Hall–Kier alpha value is -2.28. The number of nitrogens with zero attached hydrogens (tertiary/aromatic N) is 2. The molecule has 1 aromatic rings. The van der Waals surface area contributed by atoms with Crippen molar-refractivity contribution >= 4 is 29.5 Å². The van der Waals surface area contributed by atoms with Gasteiger partial charge >= 0.3 is 6.09 Å². The van der Waals surface area contributed by atoms with Gasteiger partial charge in [-0.25, -0.2) is 4.79 Å². The van der Waals surface area contributed by atoms with Crippen molar-refractivity contribution in [3.05, 3.63) is 34.9 Å². The number of carbonyl (C=O) groups is 3. The van der Waals surface area contributed by atoms with E-state index in [0.29, 0.717) is 37.6 Å². The van der Waals surface area contributed by atoms with Gasteiger partial charge in [0.25, 0.3) is 0 Å². The molecule has 0 bridgehead atoms. The van der Waals surface area contributed by atoms with Gasteiger partial charge in [-0.1, -0.05) is 23.7 Å². The smallest absolute Gasteiger partial charge is 0.408 e. The third-order valence-corrected chi connectivity index (χ3v) is 4.59. The van der Waals surface area contributed by atoms with Gasteiger partial charge in [-0.05, 0) is 38.5 Å². The van der Waals surface area contributed by atoms with Gasteiger partial charge in [-0.2, -0.15) is 0 Å². The fourth-order valence-corrected chi connectivity index (χ4v) is 3.22. The monoisotopic (exact) mass is 409 g/mol. The number of amides is 3. The van der Waals surface area contributed by atoms with Crippen LogP contribution in [0.15, 0.2) is 24.3 Å². The first-order chi connectivity index (χ1) is 13.0. The van der Waals surface area contributed by atoms with E-state index in [4.69, 9.17) is 16.3 Å². The van der Waals surface area contributed by atoms with Gasteiger partial charge in [0.1, 0.15) is 11.6 Å². The van der Waals surface area contributed by atoms with Crippen LogP contribution in [0.1, 0.15) is 33.3 Å². The average molecular weight is 410 g/mol. The highest BCUT2D eigenvalue weighted by Crippen LogP contribution is 2.15. The minimum Gasteiger partial charge on any atom is -0.444 e. The second-order valence-corrected chi connectivity index (χ2v) is 8.30. The highest BCUT2D eigenvalue weighted by atomic mass is 35.5. The van der Waals surface area contributed by atoms with Crippen LogP contribution in [0.5, 0.6) is 0 Å². The van der Waals surface area contributed by atoms with Crippen molar-refractivity contribution in [1.29, 1.82) is 0 Å². The largest absolute Gasteiger partial charge is 0.444 e. The zero-order valence-electron chi connectivity index (χ0n) is 16.8. The molecule has 0 spiro atoms. The highest BCUT2D eigenvalue weighted by Gasteiger charge is 2.30. The van der Waals surface area contributed by atoms with Crippen molar-refractivity contribution in [3.8, 4) is 0 Å². The SMILES string of the molecule is CC(=O)N1CCN(C(=O)C(Cc2cccc(Cl)c2)NC(=O)OC(C)(C)C)CC1. The fourth-order valence-electron chi connectivity index (χ4n) is 3.01. The van der Waals surface area contributed by atoms with Crippen molar-refractivity contribution in [1.82, 2.24) is 15.1 Å². The Bertz CT molecular complexity index is 724. The number of halogens is 1. The Labute approximate surface area is 171 Å². The Kier molecular flexibility index (Phi) is 7.29. The number of hydrogen-bond donors (Lipinski definition) is 1. The summed E-state index contributed by atoms with van der Waals surface area (Å²) in [5.41, 5.74) is 0.171. The van der Waals surface area contributed by atoms with E-state index in [1.54, 1.807) is 48.8 Å². The number of rotatable bonds is 4. The number of nitrogens with one attached hydrogen (secondary N) is 1. The van der Waals surface area contributed by atoms with Gasteiger partial charge in [-0.3, -0.25) is 9.59 Å². The molecule has 8 heteroatoms. The van der Waals surface area contributed by atoms with E-state index >= 15 is 0 Å². The van der Waals surface area contributed by atoms with Gasteiger partial charge in [-0.15, -0.1) is 0 Å². The van der Waals surface area contributed by atoms with Crippen molar-refractivity contribution in [2.45, 2.75) is 45.8 Å². The molecule has 1 aliphatic rings. The topological polar surface area (TPSA) is 79.0 Å². The van der Waals surface area contributed by atoms with Crippen LogP contribution >= 0.6 is 11.6 Å². The maximum atomic E-state index is 13.1. The van der Waals surface area contributed by atoms with Crippen LogP contribution in [0.25, 0.3) is 0 Å². The molecule has 1 fully saturated rings. The van der Waals surface area contributed by atoms with Crippen molar-refractivity contribution in [2.24, 2.45) is 0 Å². The number of alkyl carbamates (subject to hydrolysis) is 1. The number of carbonyl (C=O) groups excluding carboxylic acids is 3. The summed E-state index contributed by atoms with van der Waals surface area (Å²) < 4.78 is 5.32. The van der Waals surface area contributed by atoms with Crippen molar-refractivity contribution in [3.63, 3.8) is 0 Å². The molecule has 0 aliphatic carbocycles. The van der Waals surface area contributed by atoms with Crippen molar-refractivity contribution < 1.29 is 19.1 Å². The summed E-state index contributed by atoms with van der Waals surface area (Å²) in [5, 5.41) is 3.26. The standard InChI is InChI=1S/C20H28ClN3O4/c1-14(25)23-8-10-24(11-9-23)18(26)17(22-19(27)28-20(2,3)4)13-15-6-5-7-16(21)12-15/h5-7,12,17H,8-11,13H2,1-4H3,(H,22,27). The van der Waals surface area contributed by atoms with E-state index in [0.717, 1.165) is 5.56 Å². The fraction of sp³-hybridized carbons (Fsp3) is 0.550. The molecular weight excluding hydrogens is 382 g/mol. The molecule has 0 saturated carbocycles. The lowest BCUT2D eigenvalue weighted by atomic mass is 10.0. The lowest BCUT2D eigenvalue weighted by Gasteiger charge is -2.36. The zero-order chi connectivity index (χ0) is 20.9. The Morgan fingerprint density at radius 1 is 1.14 bits per heavy atom. The summed E-state index contributed by atoms with van der Waals surface area (Å²) in [7, 11) is 0. The van der Waals surface area contributed by atoms with E-state index in [-0.39, 0.29) is 11.8 Å². The van der Waals surface area contributed by atoms with Crippen LogP contribution in [-0.2, 0) is 20.7 Å². The molecule has 1 aliphatic heterocycles. The Balaban J connectivity index is 2.11. The summed E-state index contributed by atoms with van der Waals surface area (Å²) in [6.45, 7) is 8.64. The maximum absolute atomic E-state index is 13.1. The van der Waals surface area contributed by atoms with Crippen molar-refractivity contribution in [2.75, 3.05) is 26.2 Å². The number of ether oxygens (including phenoxy) is 1. The first kappa shape index (κ1) is 22.0. The number of piperazine rings is 1. The minimum absolute atomic E-state index is 0.00513. The summed E-state index contributed by atoms with van der Waals surface area (Å²) in [4.78, 5) is 40.2. The molecule has 3 amide bonds. The summed E-state index contributed by atoms with van der Waals surface area (Å²) in [6.07, 6.45) is -0.346. The van der Waals surface area contributed by atoms with Crippen LogP contribution in [0, 0.1) is 0 Å². The van der Waals surface area contributed by atoms with Crippen LogP contribution in [-0.4, -0.2) is 65.5 Å². The molecule has 1 atom stereocenters. The van der Waals surface area contributed by atoms with E-state index in [1.165, 1.54) is 6.92 Å². The molecule has 1 saturated heterocycles. The number of benzene rings is 1. The molecule has 0 aromatic heterocycles. The Morgan fingerprint density at radius 2 is 1.75 bits per heavy atom. The zero-order valence-corrected chi connectivity index (χ0v) is 17.6. The minimum atomic E-state index is -0.780. The maximum Gasteiger partial charge on any atom is 0.408 e. The second-order valence-electron chi connectivity index (χ2n) is 7.86. The van der Waals surface area contributed by atoms with Gasteiger partial charge < -0.3 is 19.9 Å². The summed E-state index contributed by atoms with van der Waals surface area (Å²) in [5.74, 6) is -0.205. The van der Waals surface area contributed by atoms with E-state index < -0.39 is 17.7 Å². The molecule has 28 heavy (non-hydrogen) atoms. The third-order valence-electron chi connectivity index (χ3n) is 4.35. The predicted octanol–water partition coefficient (Wildman–Crippen LogP) is 2.47. The highest BCUT2D eigenvalue weighted by molar-refractivity contribution is 6.30. The predicted molar refractivity (Wildman–Crippen MR) is 107 cm³/mol. The second kappa shape index (κ2) is 9.28. The van der Waals surface area contributed by atoms with Gasteiger partial charge in [0, 0.05) is 44.5 Å². The summed E-state index contributed by atoms with van der Waals surface area (Å²) in [6, 6.07) is 6.41. The van der Waals surface area contributed by atoms with Crippen LogP contribution in [0.3, 0.4) is 0 Å². The first-order valence-electron chi connectivity index (χ1n) is 9.33. The lowest BCUT2D eigenvalue weighted by molar-refractivity contribution is -0.139. The molecule has 0 radical (unpaired) electrons. The molecule has 1 heterocycles. The molecule has 154 valence electrons. The van der Waals surface area contributed by atoms with Crippen LogP contribution < -0.4 is 5.32 Å². The van der Waals surface area contributed by atoms with Crippen LogP contribution in [0.4, 0.5) is 4.79 Å². The molecular formula is C20H28ClN3O4. The molecule has 7 nitrogen and oxygen atoms in total. The van der Waals surface area contributed by atoms with Gasteiger partial charge in [0.15, 0.2) is 0 Å². The van der Waals surface area contributed by atoms with E-state index in [2.05, 4.69) is 5.32 Å².